The Bertz CT molecular complexity index is 1230. The van der Waals surface area contributed by atoms with Gasteiger partial charge in [-0.1, -0.05) is 60.7 Å². The summed E-state index contributed by atoms with van der Waals surface area (Å²) in [6.07, 6.45) is 2.63. The van der Waals surface area contributed by atoms with Crippen LogP contribution in [0, 0.1) is 5.82 Å². The van der Waals surface area contributed by atoms with E-state index in [9.17, 15) is 9.18 Å². The highest BCUT2D eigenvalue weighted by molar-refractivity contribution is 5.79. The zero-order valence-corrected chi connectivity index (χ0v) is 18.0. The van der Waals surface area contributed by atoms with Gasteiger partial charge in [-0.25, -0.2) is 9.37 Å². The molecule has 1 saturated heterocycles. The lowest BCUT2D eigenvalue weighted by Crippen LogP contribution is -2.40. The molecule has 162 valence electrons. The van der Waals surface area contributed by atoms with Crippen LogP contribution in [0.3, 0.4) is 0 Å². The number of imidazole rings is 1. The van der Waals surface area contributed by atoms with E-state index in [1.807, 2.05) is 17.0 Å². The zero-order chi connectivity index (χ0) is 21.9. The first-order valence-electron chi connectivity index (χ1n) is 11.2. The molecule has 1 amide bonds. The second-order valence-corrected chi connectivity index (χ2v) is 8.43. The fourth-order valence-electron chi connectivity index (χ4n) is 4.69. The molecule has 0 aliphatic carbocycles. The quantitative estimate of drug-likeness (QED) is 0.441. The van der Waals surface area contributed by atoms with Gasteiger partial charge in [-0.15, -0.1) is 0 Å². The van der Waals surface area contributed by atoms with Crippen molar-refractivity contribution >= 4 is 16.9 Å². The van der Waals surface area contributed by atoms with Crippen LogP contribution in [0.25, 0.3) is 11.0 Å². The van der Waals surface area contributed by atoms with Crippen molar-refractivity contribution in [2.45, 2.75) is 31.7 Å². The standard InChI is InChI=1S/C27H26FN3O/c28-23-11-5-4-10-21(23)19-27(32)30-16-14-22(15-17-30)31-25-13-7-6-12-24(25)29-26(31)18-20-8-2-1-3-9-20/h1-13,22H,14-19H2. The third kappa shape index (κ3) is 4.15. The van der Waals surface area contributed by atoms with E-state index in [0.717, 1.165) is 36.1 Å². The molecule has 3 aromatic carbocycles. The molecule has 1 fully saturated rings. The average Bonchev–Trinajstić information content (AvgIpc) is 3.19. The molecule has 5 heteroatoms. The summed E-state index contributed by atoms with van der Waals surface area (Å²) in [5.74, 6) is 0.744. The van der Waals surface area contributed by atoms with Gasteiger partial charge in [0.25, 0.3) is 0 Å². The van der Waals surface area contributed by atoms with Crippen LogP contribution in [0.5, 0.6) is 0 Å². The molecule has 0 unspecified atom stereocenters. The molecule has 1 aliphatic heterocycles. The SMILES string of the molecule is O=C(Cc1ccccc1F)N1CCC(n2c(Cc3ccccc3)nc3ccccc32)CC1. The van der Waals surface area contributed by atoms with Gasteiger partial charge < -0.3 is 9.47 Å². The molecule has 0 N–H and O–H groups in total. The van der Waals surface area contributed by atoms with Gasteiger partial charge in [-0.2, -0.15) is 0 Å². The van der Waals surface area contributed by atoms with E-state index < -0.39 is 0 Å². The molecule has 0 atom stereocenters. The summed E-state index contributed by atoms with van der Waals surface area (Å²) < 4.78 is 16.3. The first-order chi connectivity index (χ1) is 15.7. The largest absolute Gasteiger partial charge is 0.342 e. The van der Waals surface area contributed by atoms with E-state index in [-0.39, 0.29) is 18.1 Å². The van der Waals surface area contributed by atoms with E-state index in [1.165, 1.54) is 11.6 Å². The van der Waals surface area contributed by atoms with Crippen molar-refractivity contribution in [1.82, 2.24) is 14.5 Å². The lowest BCUT2D eigenvalue weighted by atomic mass is 10.0. The third-order valence-electron chi connectivity index (χ3n) is 6.36. The number of likely N-dealkylation sites (tertiary alicyclic amines) is 1. The van der Waals surface area contributed by atoms with Crippen LogP contribution in [0.2, 0.25) is 0 Å². The molecule has 2 heterocycles. The predicted octanol–water partition coefficient (Wildman–Crippen LogP) is 5.17. The maximum absolute atomic E-state index is 14.0. The Hall–Kier alpha value is -3.47. The van der Waals surface area contributed by atoms with Crippen LogP contribution in [0.15, 0.2) is 78.9 Å². The molecule has 0 spiro atoms. The molecule has 4 nitrogen and oxygen atoms in total. The number of halogens is 1. The molecule has 1 aromatic heterocycles. The lowest BCUT2D eigenvalue weighted by Gasteiger charge is -2.34. The Morgan fingerprint density at radius 3 is 2.38 bits per heavy atom. The third-order valence-corrected chi connectivity index (χ3v) is 6.36. The van der Waals surface area contributed by atoms with Gasteiger partial charge in [0.05, 0.1) is 17.5 Å². The van der Waals surface area contributed by atoms with Crippen molar-refractivity contribution in [3.8, 4) is 0 Å². The van der Waals surface area contributed by atoms with Gasteiger partial charge in [0, 0.05) is 25.6 Å². The van der Waals surface area contributed by atoms with Crippen LogP contribution >= 0.6 is 0 Å². The molecular weight excluding hydrogens is 401 g/mol. The topological polar surface area (TPSA) is 38.1 Å². The van der Waals surface area contributed by atoms with Crippen LogP contribution < -0.4 is 0 Å². The van der Waals surface area contributed by atoms with Gasteiger partial charge in [0.1, 0.15) is 11.6 Å². The molecular formula is C27H26FN3O. The number of amides is 1. The average molecular weight is 428 g/mol. The number of piperidine rings is 1. The van der Waals surface area contributed by atoms with Crippen LogP contribution in [0.4, 0.5) is 4.39 Å². The fraction of sp³-hybridized carbons (Fsp3) is 0.259. The maximum Gasteiger partial charge on any atom is 0.227 e. The summed E-state index contributed by atoms with van der Waals surface area (Å²) in [5, 5.41) is 0. The summed E-state index contributed by atoms with van der Waals surface area (Å²) in [6, 6.07) is 25.5. The van der Waals surface area contributed by atoms with Gasteiger partial charge in [0.2, 0.25) is 5.91 Å². The smallest absolute Gasteiger partial charge is 0.227 e. The van der Waals surface area contributed by atoms with Crippen molar-refractivity contribution in [3.63, 3.8) is 0 Å². The number of rotatable bonds is 5. The molecule has 0 bridgehead atoms. The van der Waals surface area contributed by atoms with E-state index in [2.05, 4.69) is 47.0 Å². The van der Waals surface area contributed by atoms with Crippen molar-refractivity contribution in [1.29, 1.82) is 0 Å². The van der Waals surface area contributed by atoms with Crippen LogP contribution in [-0.2, 0) is 17.6 Å². The highest BCUT2D eigenvalue weighted by atomic mass is 19.1. The Kier molecular flexibility index (Phi) is 5.71. The molecule has 32 heavy (non-hydrogen) atoms. The molecule has 5 rings (SSSR count). The maximum atomic E-state index is 14.0. The minimum atomic E-state index is -0.314. The van der Waals surface area contributed by atoms with Crippen LogP contribution in [-0.4, -0.2) is 33.4 Å². The number of benzene rings is 3. The summed E-state index contributed by atoms with van der Waals surface area (Å²) in [7, 11) is 0. The Morgan fingerprint density at radius 2 is 1.59 bits per heavy atom. The second kappa shape index (κ2) is 8.95. The summed E-state index contributed by atoms with van der Waals surface area (Å²) in [6.45, 7) is 1.35. The Labute approximate surface area is 187 Å². The highest BCUT2D eigenvalue weighted by Gasteiger charge is 2.27. The molecule has 4 aromatic rings. The first kappa shape index (κ1) is 20.4. The van der Waals surface area contributed by atoms with Crippen molar-refractivity contribution in [3.05, 3.63) is 102 Å². The number of hydrogen-bond donors (Lipinski definition) is 0. The number of carbonyl (C=O) groups is 1. The fourth-order valence-corrected chi connectivity index (χ4v) is 4.69. The molecule has 0 saturated carbocycles. The van der Waals surface area contributed by atoms with E-state index in [1.54, 1.807) is 18.2 Å². The minimum absolute atomic E-state index is 0.00597. The molecule has 1 aliphatic rings. The predicted molar refractivity (Wildman–Crippen MR) is 124 cm³/mol. The van der Waals surface area contributed by atoms with Crippen molar-refractivity contribution in [2.75, 3.05) is 13.1 Å². The van der Waals surface area contributed by atoms with E-state index >= 15 is 0 Å². The van der Waals surface area contributed by atoms with Gasteiger partial charge in [0.15, 0.2) is 0 Å². The lowest BCUT2D eigenvalue weighted by molar-refractivity contribution is -0.131. The second-order valence-electron chi connectivity index (χ2n) is 8.43. The Balaban J connectivity index is 1.34. The van der Waals surface area contributed by atoms with Gasteiger partial charge >= 0.3 is 0 Å². The van der Waals surface area contributed by atoms with Gasteiger partial charge in [-0.3, -0.25) is 4.79 Å². The van der Waals surface area contributed by atoms with Crippen LogP contribution in [0.1, 0.15) is 35.8 Å². The van der Waals surface area contributed by atoms with E-state index in [4.69, 9.17) is 4.98 Å². The number of fused-ring (bicyclic) bond motifs is 1. The number of nitrogens with zero attached hydrogens (tertiary/aromatic N) is 3. The van der Waals surface area contributed by atoms with Crippen molar-refractivity contribution < 1.29 is 9.18 Å². The Morgan fingerprint density at radius 1 is 0.906 bits per heavy atom. The number of hydrogen-bond acceptors (Lipinski definition) is 2. The zero-order valence-electron chi connectivity index (χ0n) is 18.0. The number of carbonyl (C=O) groups excluding carboxylic acids is 1. The summed E-state index contributed by atoms with van der Waals surface area (Å²) in [5.41, 5.74) is 3.86. The highest BCUT2D eigenvalue weighted by Crippen LogP contribution is 2.30. The van der Waals surface area contributed by atoms with Crippen molar-refractivity contribution in [2.24, 2.45) is 0 Å². The molecule has 0 radical (unpaired) electrons. The first-order valence-corrected chi connectivity index (χ1v) is 11.2. The summed E-state index contributed by atoms with van der Waals surface area (Å²) >= 11 is 0. The number of aromatic nitrogens is 2. The van der Waals surface area contributed by atoms with E-state index in [0.29, 0.717) is 24.7 Å². The number of para-hydroxylation sites is 2. The normalized spacial score (nSPS) is 14.7. The minimum Gasteiger partial charge on any atom is -0.342 e. The summed E-state index contributed by atoms with van der Waals surface area (Å²) in [4.78, 5) is 19.6. The monoisotopic (exact) mass is 427 g/mol. The van der Waals surface area contributed by atoms with Gasteiger partial charge in [-0.05, 0) is 42.2 Å².